The summed E-state index contributed by atoms with van der Waals surface area (Å²) in [6.45, 7) is -0.753. The lowest BCUT2D eigenvalue weighted by atomic mass is 10.1. The molecule has 0 spiro atoms. The highest BCUT2D eigenvalue weighted by Crippen LogP contribution is 2.35. The molecular weight excluding hydrogens is 639 g/mol. The molecule has 12 nitrogen and oxygen atoms in total. The predicted octanol–water partition coefficient (Wildman–Crippen LogP) is 5.24. The van der Waals surface area contributed by atoms with Crippen molar-refractivity contribution in [2.45, 2.75) is 32.4 Å². The van der Waals surface area contributed by atoms with E-state index in [1.165, 1.54) is 45.6 Å². The molecule has 0 bridgehead atoms. The fourth-order valence-electron chi connectivity index (χ4n) is 5.45. The van der Waals surface area contributed by atoms with E-state index in [0.717, 1.165) is 6.26 Å². The highest BCUT2D eigenvalue weighted by molar-refractivity contribution is 7.88. The number of nitrogens with two attached hydrogens (primary N) is 1. The lowest BCUT2D eigenvalue weighted by Crippen LogP contribution is -2.41. The van der Waals surface area contributed by atoms with Gasteiger partial charge >= 0.3 is 6.61 Å². The summed E-state index contributed by atoms with van der Waals surface area (Å²) in [4.78, 5) is 20.8. The molecule has 0 atom stereocenters. The van der Waals surface area contributed by atoms with E-state index in [4.69, 9.17) is 15.2 Å². The van der Waals surface area contributed by atoms with Crippen molar-refractivity contribution in [3.05, 3.63) is 83.6 Å². The van der Waals surface area contributed by atoms with Crippen molar-refractivity contribution in [2.75, 3.05) is 30.4 Å². The Morgan fingerprint density at radius 1 is 1.11 bits per heavy atom. The van der Waals surface area contributed by atoms with E-state index in [9.17, 15) is 26.4 Å². The second-order valence-electron chi connectivity index (χ2n) is 11.1. The number of H-pyrrole nitrogens is 1. The zero-order valence-corrected chi connectivity index (χ0v) is 26.0. The van der Waals surface area contributed by atoms with Gasteiger partial charge < -0.3 is 25.5 Å². The number of piperidine rings is 1. The molecule has 0 radical (unpaired) electrons. The Morgan fingerprint density at radius 2 is 1.85 bits per heavy atom. The first-order chi connectivity index (χ1) is 22.4. The zero-order chi connectivity index (χ0) is 33.5. The Kier molecular flexibility index (Phi) is 8.55. The number of hydrogen-bond donors (Lipinski definition) is 3. The minimum atomic E-state index is -3.33. The standard InChI is InChI=1S/C31H30F3N7O5S/c1-17-11-28(45-26-6-4-3-5-21(26)32)36-16-25(17)41-30(35)20(15-37-41)29(42)24-12-18-13-27(46-31(33)34)23(14-22(18)39-24)38-19-7-9-40(10-8-19)47(2,43)44/h3-6,11-16,19,31,38-39H,7-10,35H2,1-2H3. The number of rotatable bonds is 10. The molecular formula is C31H30F3N7O5S. The molecule has 1 fully saturated rings. The number of nitrogens with one attached hydrogen (secondary N) is 2. The maximum Gasteiger partial charge on any atom is 0.387 e. The quantitative estimate of drug-likeness (QED) is 0.169. The van der Waals surface area contributed by atoms with Gasteiger partial charge in [0.25, 0.3) is 0 Å². The minimum Gasteiger partial charge on any atom is -0.436 e. The van der Waals surface area contributed by atoms with Crippen LogP contribution in [0, 0.1) is 12.7 Å². The molecule has 0 aliphatic carbocycles. The molecule has 1 aliphatic rings. The molecule has 4 heterocycles. The van der Waals surface area contributed by atoms with Crippen molar-refractivity contribution in [3.63, 3.8) is 0 Å². The zero-order valence-electron chi connectivity index (χ0n) is 25.2. The number of aryl methyl sites for hydroxylation is 1. The summed E-state index contributed by atoms with van der Waals surface area (Å²) in [6, 6.07) is 11.8. The Bertz CT molecular complexity index is 2080. The van der Waals surface area contributed by atoms with Crippen molar-refractivity contribution in [2.24, 2.45) is 0 Å². The number of nitrogen functional groups attached to an aromatic ring is 1. The second kappa shape index (κ2) is 12.6. The fraction of sp³-hybridized carbons (Fsp3) is 0.258. The van der Waals surface area contributed by atoms with Crippen molar-refractivity contribution in [1.82, 2.24) is 24.1 Å². The third-order valence-electron chi connectivity index (χ3n) is 7.85. The SMILES string of the molecule is Cc1cc(Oc2ccccc2F)ncc1-n1ncc(C(=O)c2cc3cc(OC(F)F)c(NC4CCN(S(C)(=O)=O)CC4)cc3[nH]2)c1N. The summed E-state index contributed by atoms with van der Waals surface area (Å²) >= 11 is 0. The van der Waals surface area contributed by atoms with E-state index >= 15 is 0 Å². The van der Waals surface area contributed by atoms with Crippen LogP contribution in [0.3, 0.4) is 0 Å². The van der Waals surface area contributed by atoms with Gasteiger partial charge in [0.05, 0.1) is 41.3 Å². The molecule has 246 valence electrons. The first-order valence-electron chi connectivity index (χ1n) is 14.5. The van der Waals surface area contributed by atoms with Crippen molar-refractivity contribution in [1.29, 1.82) is 0 Å². The molecule has 4 N–H and O–H groups in total. The van der Waals surface area contributed by atoms with E-state index in [0.29, 0.717) is 48.1 Å². The maximum absolute atomic E-state index is 14.0. The smallest absolute Gasteiger partial charge is 0.387 e. The molecule has 5 aromatic rings. The molecule has 1 aliphatic heterocycles. The summed E-state index contributed by atoms with van der Waals surface area (Å²) in [7, 11) is -3.33. The minimum absolute atomic E-state index is 0.0164. The fourth-order valence-corrected chi connectivity index (χ4v) is 6.32. The Balaban J connectivity index is 1.24. The van der Waals surface area contributed by atoms with Crippen LogP contribution in [-0.4, -0.2) is 70.3 Å². The van der Waals surface area contributed by atoms with E-state index in [-0.39, 0.29) is 46.2 Å². The molecule has 6 rings (SSSR count). The van der Waals surface area contributed by atoms with Crippen LogP contribution >= 0.6 is 0 Å². The first-order valence-corrected chi connectivity index (χ1v) is 16.3. The third kappa shape index (κ3) is 6.73. The molecule has 1 saturated heterocycles. The number of pyridine rings is 1. The van der Waals surface area contributed by atoms with Crippen LogP contribution in [0.1, 0.15) is 34.5 Å². The number of sulfonamides is 1. The molecule has 16 heteroatoms. The number of hydrogen-bond acceptors (Lipinski definition) is 9. The van der Waals surface area contributed by atoms with Gasteiger partial charge in [-0.3, -0.25) is 4.79 Å². The van der Waals surface area contributed by atoms with E-state index in [1.807, 2.05) is 0 Å². The number of anilines is 2. The monoisotopic (exact) mass is 669 g/mol. The highest BCUT2D eigenvalue weighted by Gasteiger charge is 2.27. The van der Waals surface area contributed by atoms with Crippen LogP contribution < -0.4 is 20.5 Å². The second-order valence-corrected chi connectivity index (χ2v) is 13.1. The highest BCUT2D eigenvalue weighted by atomic mass is 32.2. The van der Waals surface area contributed by atoms with E-state index in [1.54, 1.807) is 31.2 Å². The topological polar surface area (TPSA) is 157 Å². The summed E-state index contributed by atoms with van der Waals surface area (Å²) in [6.07, 6.45) is 4.83. The number of carbonyl (C=O) groups is 1. The van der Waals surface area contributed by atoms with Gasteiger partial charge in [0.1, 0.15) is 11.6 Å². The van der Waals surface area contributed by atoms with E-state index in [2.05, 4.69) is 20.4 Å². The number of halogens is 3. The van der Waals surface area contributed by atoms with Crippen LogP contribution in [0.15, 0.2) is 60.9 Å². The maximum atomic E-state index is 14.0. The summed E-state index contributed by atoms with van der Waals surface area (Å²) < 4.78 is 77.5. The number of ether oxygens (including phenoxy) is 2. The Morgan fingerprint density at radius 3 is 2.53 bits per heavy atom. The van der Waals surface area contributed by atoms with Crippen molar-refractivity contribution in [3.8, 4) is 23.1 Å². The number of alkyl halides is 2. The van der Waals surface area contributed by atoms with Crippen molar-refractivity contribution < 1.29 is 35.9 Å². The van der Waals surface area contributed by atoms with Crippen molar-refractivity contribution >= 4 is 38.2 Å². The van der Waals surface area contributed by atoms with Gasteiger partial charge in [-0.2, -0.15) is 13.9 Å². The number of fused-ring (bicyclic) bond motifs is 1. The van der Waals surface area contributed by atoms with Crippen LogP contribution in [0.5, 0.6) is 17.4 Å². The lowest BCUT2D eigenvalue weighted by molar-refractivity contribution is -0.0493. The average molecular weight is 670 g/mol. The van der Waals surface area contributed by atoms with Gasteiger partial charge in [-0.05, 0) is 55.7 Å². The van der Waals surface area contributed by atoms with Gasteiger partial charge in [-0.15, -0.1) is 0 Å². The largest absolute Gasteiger partial charge is 0.436 e. The molecule has 0 amide bonds. The van der Waals surface area contributed by atoms with E-state index < -0.39 is 28.2 Å². The Hall–Kier alpha value is -5.09. The average Bonchev–Trinajstić information content (AvgIpc) is 3.61. The molecule has 3 aromatic heterocycles. The van der Waals surface area contributed by atoms with Gasteiger partial charge in [-0.25, -0.2) is 26.8 Å². The van der Waals surface area contributed by atoms with Crippen LogP contribution in [-0.2, 0) is 10.0 Å². The molecule has 0 saturated carbocycles. The lowest BCUT2D eigenvalue weighted by Gasteiger charge is -2.31. The number of aromatic amines is 1. The number of nitrogens with zero attached hydrogens (tertiary/aromatic N) is 4. The summed E-state index contributed by atoms with van der Waals surface area (Å²) in [5.74, 6) is -0.943. The van der Waals surface area contributed by atoms with Gasteiger partial charge in [0.2, 0.25) is 21.7 Å². The summed E-state index contributed by atoms with van der Waals surface area (Å²) in [5.41, 5.74) is 8.44. The first kappa shape index (κ1) is 31.9. The number of aromatic nitrogens is 4. The molecule has 47 heavy (non-hydrogen) atoms. The molecule has 0 unspecified atom stereocenters. The summed E-state index contributed by atoms with van der Waals surface area (Å²) in [5, 5.41) is 7.92. The number of ketones is 1. The number of benzene rings is 2. The number of carbonyl (C=O) groups excluding carboxylic acids is 1. The third-order valence-corrected chi connectivity index (χ3v) is 9.16. The van der Waals surface area contributed by atoms with Gasteiger partial charge in [0.15, 0.2) is 11.6 Å². The van der Waals surface area contributed by atoms with Crippen LogP contribution in [0.25, 0.3) is 16.6 Å². The van der Waals surface area contributed by atoms with Crippen LogP contribution in [0.4, 0.5) is 24.7 Å². The van der Waals surface area contributed by atoms with Gasteiger partial charge in [-0.1, -0.05) is 12.1 Å². The van der Waals surface area contributed by atoms with Gasteiger partial charge in [0, 0.05) is 36.1 Å². The predicted molar refractivity (Wildman–Crippen MR) is 168 cm³/mol. The van der Waals surface area contributed by atoms with Crippen LogP contribution in [0.2, 0.25) is 0 Å². The Labute approximate surface area is 267 Å². The number of para-hydroxylation sites is 1. The normalized spacial score (nSPS) is 14.5. The molecule has 2 aromatic carbocycles.